The predicted molar refractivity (Wildman–Crippen MR) is 132 cm³/mol. The lowest BCUT2D eigenvalue weighted by Crippen LogP contribution is -2.15. The van der Waals surface area contributed by atoms with E-state index in [2.05, 4.69) is 46.4 Å². The first-order valence-electron chi connectivity index (χ1n) is 11.3. The number of pyridine rings is 1. The fourth-order valence-electron chi connectivity index (χ4n) is 4.86. The van der Waals surface area contributed by atoms with Gasteiger partial charge in [-0.25, -0.2) is 14.5 Å². The number of rotatable bonds is 3. The molecule has 0 fully saturated rings. The van der Waals surface area contributed by atoms with Gasteiger partial charge in [-0.2, -0.15) is 0 Å². The largest absolute Gasteiger partial charge is 0.497 e. The van der Waals surface area contributed by atoms with Crippen LogP contribution in [0.1, 0.15) is 22.6 Å². The predicted octanol–water partition coefficient (Wildman–Crippen LogP) is 5.63. The van der Waals surface area contributed by atoms with Crippen molar-refractivity contribution in [3.05, 3.63) is 108 Å². The van der Waals surface area contributed by atoms with Crippen LogP contribution in [-0.2, 0) is 0 Å². The van der Waals surface area contributed by atoms with Crippen LogP contribution in [0.4, 0.5) is 0 Å². The van der Waals surface area contributed by atoms with E-state index >= 15 is 0 Å². The molecule has 7 rings (SSSR count). The van der Waals surface area contributed by atoms with Crippen LogP contribution in [-0.4, -0.2) is 31.7 Å². The molecule has 7 nitrogen and oxygen atoms in total. The maximum Gasteiger partial charge on any atom is 0.228 e. The lowest BCUT2D eigenvalue weighted by Gasteiger charge is -2.29. The van der Waals surface area contributed by atoms with Crippen LogP contribution < -0.4 is 9.47 Å². The quantitative estimate of drug-likeness (QED) is 0.342. The molecule has 0 radical (unpaired) electrons. The second-order valence-electron chi connectivity index (χ2n) is 8.41. The summed E-state index contributed by atoms with van der Waals surface area (Å²) in [7, 11) is 1.67. The third-order valence-electron chi connectivity index (χ3n) is 6.49. The highest BCUT2D eigenvalue weighted by atomic mass is 16.5. The van der Waals surface area contributed by atoms with Crippen LogP contribution in [0.5, 0.6) is 17.4 Å². The molecule has 0 aliphatic carbocycles. The van der Waals surface area contributed by atoms with Gasteiger partial charge in [-0.3, -0.25) is 4.98 Å². The molecule has 3 aromatic heterocycles. The van der Waals surface area contributed by atoms with E-state index in [0.717, 1.165) is 44.5 Å². The monoisotopic (exact) mass is 457 g/mol. The van der Waals surface area contributed by atoms with Gasteiger partial charge < -0.3 is 9.47 Å². The van der Waals surface area contributed by atoms with Crippen molar-refractivity contribution in [1.82, 2.24) is 24.6 Å². The molecule has 0 amide bonds. The van der Waals surface area contributed by atoms with E-state index in [0.29, 0.717) is 17.4 Å². The van der Waals surface area contributed by atoms with Gasteiger partial charge in [-0.05, 0) is 46.7 Å². The summed E-state index contributed by atoms with van der Waals surface area (Å²) >= 11 is 0. The zero-order valence-corrected chi connectivity index (χ0v) is 18.8. The van der Waals surface area contributed by atoms with Crippen molar-refractivity contribution in [2.45, 2.75) is 5.92 Å². The fraction of sp³-hybridized carbons (Fsp3) is 0.0714. The maximum atomic E-state index is 6.38. The number of hydrogen-bond acceptors (Lipinski definition) is 6. The molecule has 168 valence electrons. The SMILES string of the molecule is COc1ccc([C@@H]2c3c(ccc4ccccc34)Oc3ncn4nc(-c5ccncc5)nc4c32)cc1. The molecule has 1 aliphatic heterocycles. The number of aromatic nitrogens is 5. The lowest BCUT2D eigenvalue weighted by molar-refractivity contribution is 0.414. The molecule has 0 saturated carbocycles. The van der Waals surface area contributed by atoms with Gasteiger partial charge in [-0.1, -0.05) is 42.5 Å². The number of hydrogen-bond donors (Lipinski definition) is 0. The Kier molecular flexibility index (Phi) is 4.29. The molecule has 3 aromatic carbocycles. The van der Waals surface area contributed by atoms with Crippen molar-refractivity contribution in [3.8, 4) is 28.8 Å². The summed E-state index contributed by atoms with van der Waals surface area (Å²) in [5.41, 5.74) is 4.66. The van der Waals surface area contributed by atoms with Gasteiger partial charge in [0.05, 0.1) is 12.7 Å². The summed E-state index contributed by atoms with van der Waals surface area (Å²) in [6, 6.07) is 24.4. The molecule has 35 heavy (non-hydrogen) atoms. The van der Waals surface area contributed by atoms with Gasteiger partial charge in [-0.15, -0.1) is 5.10 Å². The number of fused-ring (bicyclic) bond motifs is 6. The highest BCUT2D eigenvalue weighted by molar-refractivity contribution is 5.91. The molecule has 0 unspecified atom stereocenters. The summed E-state index contributed by atoms with van der Waals surface area (Å²) in [5, 5.41) is 6.99. The number of nitrogens with zero attached hydrogens (tertiary/aromatic N) is 5. The molecular weight excluding hydrogens is 438 g/mol. The minimum absolute atomic E-state index is 0.156. The zero-order valence-electron chi connectivity index (χ0n) is 18.8. The first-order chi connectivity index (χ1) is 17.3. The average molecular weight is 457 g/mol. The Morgan fingerprint density at radius 3 is 2.54 bits per heavy atom. The highest BCUT2D eigenvalue weighted by Gasteiger charge is 2.34. The van der Waals surface area contributed by atoms with Gasteiger partial charge in [0.15, 0.2) is 11.5 Å². The maximum absolute atomic E-state index is 6.38. The van der Waals surface area contributed by atoms with E-state index in [1.54, 1.807) is 30.3 Å². The third-order valence-corrected chi connectivity index (χ3v) is 6.49. The molecular formula is C28H19N5O2. The Labute approximate surface area is 200 Å². The second kappa shape index (κ2) is 7.63. The minimum Gasteiger partial charge on any atom is -0.497 e. The molecule has 0 N–H and O–H groups in total. The van der Waals surface area contributed by atoms with Crippen molar-refractivity contribution in [1.29, 1.82) is 0 Å². The molecule has 0 spiro atoms. The molecule has 4 heterocycles. The fourth-order valence-corrected chi connectivity index (χ4v) is 4.86. The van der Waals surface area contributed by atoms with Crippen LogP contribution in [0.3, 0.4) is 0 Å². The van der Waals surface area contributed by atoms with Gasteiger partial charge in [0.1, 0.15) is 17.8 Å². The van der Waals surface area contributed by atoms with Crippen molar-refractivity contribution in [3.63, 3.8) is 0 Å². The Bertz CT molecular complexity index is 1710. The van der Waals surface area contributed by atoms with Crippen LogP contribution in [0.2, 0.25) is 0 Å². The topological polar surface area (TPSA) is 74.4 Å². The van der Waals surface area contributed by atoms with E-state index in [1.807, 2.05) is 36.4 Å². The minimum atomic E-state index is -0.156. The summed E-state index contributed by atoms with van der Waals surface area (Å²) in [5.74, 6) is 2.59. The summed E-state index contributed by atoms with van der Waals surface area (Å²) < 4.78 is 13.5. The Morgan fingerprint density at radius 1 is 0.886 bits per heavy atom. The summed E-state index contributed by atoms with van der Waals surface area (Å²) in [4.78, 5) is 13.7. The van der Waals surface area contributed by atoms with Crippen LogP contribution in [0.15, 0.2) is 91.5 Å². The van der Waals surface area contributed by atoms with E-state index < -0.39 is 0 Å². The average Bonchev–Trinajstić information content (AvgIpc) is 3.37. The van der Waals surface area contributed by atoms with Gasteiger partial charge in [0.25, 0.3) is 0 Å². The normalized spacial score (nSPS) is 14.4. The number of methoxy groups -OCH3 is 1. The molecule has 1 aliphatic rings. The van der Waals surface area contributed by atoms with Crippen LogP contribution in [0, 0.1) is 0 Å². The van der Waals surface area contributed by atoms with Gasteiger partial charge >= 0.3 is 0 Å². The summed E-state index contributed by atoms with van der Waals surface area (Å²) in [6.07, 6.45) is 5.13. The van der Waals surface area contributed by atoms with Crippen molar-refractivity contribution >= 4 is 16.4 Å². The van der Waals surface area contributed by atoms with E-state index in [9.17, 15) is 0 Å². The number of ether oxygens (including phenoxy) is 2. The van der Waals surface area contributed by atoms with Gasteiger partial charge in [0, 0.05) is 29.4 Å². The molecule has 6 aromatic rings. The van der Waals surface area contributed by atoms with E-state index in [1.165, 1.54) is 0 Å². The lowest BCUT2D eigenvalue weighted by atomic mass is 9.81. The first-order valence-corrected chi connectivity index (χ1v) is 11.3. The second-order valence-corrected chi connectivity index (χ2v) is 8.41. The van der Waals surface area contributed by atoms with E-state index in [4.69, 9.17) is 19.6 Å². The Balaban J connectivity index is 1.53. The first kappa shape index (κ1) is 19.7. The Hall–Kier alpha value is -4.78. The smallest absolute Gasteiger partial charge is 0.228 e. The van der Waals surface area contributed by atoms with Crippen molar-refractivity contribution in [2.75, 3.05) is 7.11 Å². The molecule has 1 atom stereocenters. The van der Waals surface area contributed by atoms with Crippen molar-refractivity contribution < 1.29 is 9.47 Å². The van der Waals surface area contributed by atoms with Crippen molar-refractivity contribution in [2.24, 2.45) is 0 Å². The number of benzene rings is 3. The van der Waals surface area contributed by atoms with Crippen LogP contribution >= 0.6 is 0 Å². The standard InChI is InChI=1S/C28H19N5O2/c1-34-20-9-6-18(7-10-20)23-24-21-5-3-2-4-17(21)8-11-22(24)35-28-25(23)27-31-26(32-33(27)16-30-28)19-12-14-29-15-13-19/h2-16,23H,1H3/t23-/m1/s1. The van der Waals surface area contributed by atoms with Gasteiger partial charge in [0.2, 0.25) is 5.88 Å². The molecule has 0 saturated heterocycles. The van der Waals surface area contributed by atoms with E-state index in [-0.39, 0.29) is 5.92 Å². The Morgan fingerprint density at radius 2 is 1.71 bits per heavy atom. The molecule has 0 bridgehead atoms. The highest BCUT2D eigenvalue weighted by Crippen LogP contribution is 2.50. The zero-order chi connectivity index (χ0) is 23.4. The summed E-state index contributed by atoms with van der Waals surface area (Å²) in [6.45, 7) is 0. The third kappa shape index (κ3) is 3.05. The molecule has 7 heteroatoms. The van der Waals surface area contributed by atoms with Crippen LogP contribution in [0.25, 0.3) is 27.8 Å².